The van der Waals surface area contributed by atoms with Crippen LogP contribution in [0.1, 0.15) is 36.3 Å². The number of rotatable bonds is 7. The van der Waals surface area contributed by atoms with E-state index in [9.17, 15) is 9.59 Å². The number of aryl methyl sites for hydroxylation is 1. The lowest BCUT2D eigenvalue weighted by atomic mass is 10.1. The van der Waals surface area contributed by atoms with Gasteiger partial charge < -0.3 is 10.6 Å². The topological polar surface area (TPSA) is 76.0 Å². The van der Waals surface area contributed by atoms with E-state index < -0.39 is 0 Å². The molecule has 2 N–H and O–H groups in total. The van der Waals surface area contributed by atoms with Crippen LogP contribution in [0.3, 0.4) is 0 Å². The van der Waals surface area contributed by atoms with Crippen LogP contribution in [0.15, 0.2) is 36.4 Å². The number of hydrogen-bond acceptors (Lipinski definition) is 3. The molecular weight excluding hydrogens is 304 g/mol. The molecule has 0 radical (unpaired) electrons. The summed E-state index contributed by atoms with van der Waals surface area (Å²) in [5.74, 6) is 0.664. The van der Waals surface area contributed by atoms with Crippen molar-refractivity contribution in [2.45, 2.75) is 26.7 Å². The lowest BCUT2D eigenvalue weighted by Gasteiger charge is -2.05. The maximum atomic E-state index is 12.1. The van der Waals surface area contributed by atoms with Crippen molar-refractivity contribution < 1.29 is 9.59 Å². The number of anilines is 1. The zero-order chi connectivity index (χ0) is 17.5. The van der Waals surface area contributed by atoms with Crippen LogP contribution in [0.2, 0.25) is 0 Å². The molecule has 1 aromatic heterocycles. The van der Waals surface area contributed by atoms with Crippen LogP contribution in [0, 0.1) is 5.92 Å². The fourth-order valence-electron chi connectivity index (χ4n) is 2.23. The van der Waals surface area contributed by atoms with Crippen molar-refractivity contribution in [3.05, 3.63) is 47.7 Å². The van der Waals surface area contributed by atoms with E-state index in [-0.39, 0.29) is 18.2 Å². The molecule has 6 heteroatoms. The van der Waals surface area contributed by atoms with E-state index in [1.165, 1.54) is 4.68 Å². The van der Waals surface area contributed by atoms with E-state index in [0.29, 0.717) is 24.0 Å². The average molecular weight is 328 g/mol. The van der Waals surface area contributed by atoms with Gasteiger partial charge in [-0.1, -0.05) is 44.2 Å². The maximum Gasteiger partial charge on any atom is 0.271 e. The summed E-state index contributed by atoms with van der Waals surface area (Å²) in [6.07, 6.45) is 1.20. The molecule has 2 amide bonds. The highest BCUT2D eigenvalue weighted by Gasteiger charge is 2.14. The molecule has 0 fully saturated rings. The van der Waals surface area contributed by atoms with Crippen LogP contribution >= 0.6 is 0 Å². The minimum Gasteiger partial charge on any atom is -0.351 e. The number of amides is 2. The van der Waals surface area contributed by atoms with Gasteiger partial charge in [0, 0.05) is 19.7 Å². The van der Waals surface area contributed by atoms with Crippen molar-refractivity contribution in [1.82, 2.24) is 15.1 Å². The molecule has 24 heavy (non-hydrogen) atoms. The fourth-order valence-corrected chi connectivity index (χ4v) is 2.23. The molecule has 0 atom stereocenters. The number of aromatic nitrogens is 2. The second-order valence-electron chi connectivity index (χ2n) is 6.19. The van der Waals surface area contributed by atoms with E-state index in [1.54, 1.807) is 13.1 Å². The third-order valence-electron chi connectivity index (χ3n) is 3.59. The van der Waals surface area contributed by atoms with Crippen LogP contribution in [-0.2, 0) is 18.3 Å². The highest BCUT2D eigenvalue weighted by atomic mass is 16.2. The molecular formula is C18H24N4O2. The molecule has 0 saturated carbocycles. The minimum atomic E-state index is -0.227. The minimum absolute atomic E-state index is 0.143. The fraction of sp³-hybridized carbons (Fsp3) is 0.389. The molecule has 128 valence electrons. The number of carbonyl (C=O) groups excluding carboxylic acids is 2. The van der Waals surface area contributed by atoms with Gasteiger partial charge in [0.05, 0.1) is 6.42 Å². The van der Waals surface area contributed by atoms with Crippen LogP contribution < -0.4 is 10.6 Å². The Morgan fingerprint density at radius 1 is 1.21 bits per heavy atom. The largest absolute Gasteiger partial charge is 0.351 e. The van der Waals surface area contributed by atoms with E-state index in [1.807, 2.05) is 30.3 Å². The summed E-state index contributed by atoms with van der Waals surface area (Å²) in [6, 6.07) is 11.1. The summed E-state index contributed by atoms with van der Waals surface area (Å²) in [6.45, 7) is 4.82. The quantitative estimate of drug-likeness (QED) is 0.819. The summed E-state index contributed by atoms with van der Waals surface area (Å²) in [7, 11) is 1.70. The predicted octanol–water partition coefficient (Wildman–Crippen LogP) is 2.38. The molecule has 1 heterocycles. The van der Waals surface area contributed by atoms with Crippen molar-refractivity contribution in [2.24, 2.45) is 13.0 Å². The molecule has 0 saturated heterocycles. The second kappa shape index (κ2) is 8.29. The monoisotopic (exact) mass is 328 g/mol. The molecule has 0 aliphatic heterocycles. The summed E-state index contributed by atoms with van der Waals surface area (Å²) < 4.78 is 1.50. The number of carbonyl (C=O) groups is 2. The number of benzene rings is 1. The Hall–Kier alpha value is -2.63. The number of nitrogens with one attached hydrogen (secondary N) is 2. The van der Waals surface area contributed by atoms with Crippen LogP contribution in [0.4, 0.5) is 5.82 Å². The molecule has 1 aromatic carbocycles. The predicted molar refractivity (Wildman–Crippen MR) is 93.8 cm³/mol. The van der Waals surface area contributed by atoms with Crippen molar-refractivity contribution in [1.29, 1.82) is 0 Å². The zero-order valence-corrected chi connectivity index (χ0v) is 14.4. The third kappa shape index (κ3) is 5.22. The van der Waals surface area contributed by atoms with Crippen LogP contribution in [-0.4, -0.2) is 28.1 Å². The van der Waals surface area contributed by atoms with Crippen LogP contribution in [0.5, 0.6) is 0 Å². The molecule has 2 rings (SSSR count). The van der Waals surface area contributed by atoms with Gasteiger partial charge >= 0.3 is 0 Å². The van der Waals surface area contributed by atoms with Crippen molar-refractivity contribution >= 4 is 17.6 Å². The Kier molecular flexibility index (Phi) is 6.12. The average Bonchev–Trinajstić information content (AvgIpc) is 2.89. The number of hydrogen-bond donors (Lipinski definition) is 2. The Labute approximate surface area is 142 Å². The molecule has 0 aliphatic carbocycles. The van der Waals surface area contributed by atoms with Gasteiger partial charge in [0.2, 0.25) is 5.91 Å². The highest BCUT2D eigenvalue weighted by molar-refractivity contribution is 5.95. The lowest BCUT2D eigenvalue weighted by Crippen LogP contribution is -2.25. The third-order valence-corrected chi connectivity index (χ3v) is 3.59. The number of nitrogens with zero attached hydrogens (tertiary/aromatic N) is 2. The summed E-state index contributed by atoms with van der Waals surface area (Å²) in [5, 5.41) is 9.78. The van der Waals surface area contributed by atoms with Gasteiger partial charge in [-0.2, -0.15) is 5.10 Å². The first-order valence-electron chi connectivity index (χ1n) is 8.11. The zero-order valence-electron chi connectivity index (χ0n) is 14.4. The van der Waals surface area contributed by atoms with Gasteiger partial charge in [0.25, 0.3) is 5.91 Å². The smallest absolute Gasteiger partial charge is 0.271 e. The van der Waals surface area contributed by atoms with Crippen LogP contribution in [0.25, 0.3) is 0 Å². The Morgan fingerprint density at radius 2 is 1.92 bits per heavy atom. The molecule has 0 aliphatic rings. The van der Waals surface area contributed by atoms with Gasteiger partial charge in [-0.15, -0.1) is 0 Å². The molecule has 0 unspecified atom stereocenters. The van der Waals surface area contributed by atoms with E-state index in [2.05, 4.69) is 29.6 Å². The first kappa shape index (κ1) is 17.7. The van der Waals surface area contributed by atoms with Gasteiger partial charge in [-0.3, -0.25) is 14.3 Å². The lowest BCUT2D eigenvalue weighted by molar-refractivity contribution is -0.115. The first-order valence-corrected chi connectivity index (χ1v) is 8.11. The van der Waals surface area contributed by atoms with Crippen molar-refractivity contribution in [3.63, 3.8) is 0 Å². The SMILES string of the molecule is CC(C)CCNC(=O)c1cc(NC(=O)Cc2ccccc2)n(C)n1. The van der Waals surface area contributed by atoms with Gasteiger partial charge in [-0.05, 0) is 17.9 Å². The van der Waals surface area contributed by atoms with Gasteiger partial charge in [0.15, 0.2) is 5.69 Å². The first-order chi connectivity index (χ1) is 11.5. The van der Waals surface area contributed by atoms with Gasteiger partial charge in [-0.25, -0.2) is 0 Å². The van der Waals surface area contributed by atoms with E-state index >= 15 is 0 Å². The van der Waals surface area contributed by atoms with Crippen molar-refractivity contribution in [3.8, 4) is 0 Å². The summed E-state index contributed by atoms with van der Waals surface area (Å²) in [4.78, 5) is 24.2. The molecule has 0 bridgehead atoms. The highest BCUT2D eigenvalue weighted by Crippen LogP contribution is 2.10. The summed E-state index contributed by atoms with van der Waals surface area (Å²) in [5.41, 5.74) is 1.24. The van der Waals surface area contributed by atoms with Crippen molar-refractivity contribution in [2.75, 3.05) is 11.9 Å². The molecule has 0 spiro atoms. The Balaban J connectivity index is 1.93. The maximum absolute atomic E-state index is 12.1. The molecule has 2 aromatic rings. The van der Waals surface area contributed by atoms with E-state index in [4.69, 9.17) is 0 Å². The summed E-state index contributed by atoms with van der Waals surface area (Å²) >= 11 is 0. The normalized spacial score (nSPS) is 10.7. The Bertz CT molecular complexity index is 692. The van der Waals surface area contributed by atoms with E-state index in [0.717, 1.165) is 12.0 Å². The standard InChI is InChI=1S/C18H24N4O2/c1-13(2)9-10-19-18(24)15-12-16(22(3)21-15)20-17(23)11-14-7-5-4-6-8-14/h4-8,12-13H,9-11H2,1-3H3,(H,19,24)(H,20,23). The van der Waals surface area contributed by atoms with Gasteiger partial charge in [0.1, 0.15) is 5.82 Å². The Morgan fingerprint density at radius 3 is 2.58 bits per heavy atom. The molecule has 6 nitrogen and oxygen atoms in total. The second-order valence-corrected chi connectivity index (χ2v) is 6.19.